The smallest absolute Gasteiger partial charge is 0.213 e. The Hall–Kier alpha value is -1.09. The standard InChI is InChI=1S/C14H22N2O/c1-3-8-15-9-13-6-7-14(16-11(13)2)17-10-12-4-5-12/h6-7,12,15H,3-5,8-10H2,1-2H3. The van der Waals surface area contributed by atoms with Gasteiger partial charge in [-0.2, -0.15) is 0 Å². The van der Waals surface area contributed by atoms with Crippen LogP contribution in [0.15, 0.2) is 12.1 Å². The van der Waals surface area contributed by atoms with E-state index in [2.05, 4.69) is 23.3 Å². The Labute approximate surface area is 104 Å². The lowest BCUT2D eigenvalue weighted by Crippen LogP contribution is -2.15. The van der Waals surface area contributed by atoms with Gasteiger partial charge in [0.05, 0.1) is 6.61 Å². The molecule has 1 saturated carbocycles. The first-order valence-electron chi connectivity index (χ1n) is 6.59. The topological polar surface area (TPSA) is 34.1 Å². The van der Waals surface area contributed by atoms with Crippen molar-refractivity contribution in [2.24, 2.45) is 5.92 Å². The summed E-state index contributed by atoms with van der Waals surface area (Å²) in [6, 6.07) is 4.10. The average molecular weight is 234 g/mol. The van der Waals surface area contributed by atoms with Crippen molar-refractivity contribution >= 4 is 0 Å². The highest BCUT2D eigenvalue weighted by atomic mass is 16.5. The van der Waals surface area contributed by atoms with Crippen LogP contribution in [0, 0.1) is 12.8 Å². The molecule has 2 rings (SSSR count). The molecular formula is C14H22N2O. The molecule has 0 saturated heterocycles. The lowest BCUT2D eigenvalue weighted by molar-refractivity contribution is 0.288. The first-order chi connectivity index (χ1) is 8.29. The van der Waals surface area contributed by atoms with Crippen LogP contribution in [0.5, 0.6) is 5.88 Å². The van der Waals surface area contributed by atoms with Crippen molar-refractivity contribution in [1.29, 1.82) is 0 Å². The molecule has 0 unspecified atom stereocenters. The molecule has 0 bridgehead atoms. The van der Waals surface area contributed by atoms with Crippen molar-refractivity contribution in [2.45, 2.75) is 39.7 Å². The van der Waals surface area contributed by atoms with Gasteiger partial charge >= 0.3 is 0 Å². The average Bonchev–Trinajstić information content (AvgIpc) is 3.13. The number of hydrogen-bond acceptors (Lipinski definition) is 3. The van der Waals surface area contributed by atoms with Crippen molar-refractivity contribution in [1.82, 2.24) is 10.3 Å². The largest absolute Gasteiger partial charge is 0.477 e. The molecule has 0 amide bonds. The highest BCUT2D eigenvalue weighted by molar-refractivity contribution is 5.24. The van der Waals surface area contributed by atoms with Crippen LogP contribution in [0.25, 0.3) is 0 Å². The molecular weight excluding hydrogens is 212 g/mol. The summed E-state index contributed by atoms with van der Waals surface area (Å²) in [6.07, 6.45) is 3.80. The zero-order valence-electron chi connectivity index (χ0n) is 10.8. The van der Waals surface area contributed by atoms with Gasteiger partial charge in [0.25, 0.3) is 0 Å². The summed E-state index contributed by atoms with van der Waals surface area (Å²) in [7, 11) is 0. The Morgan fingerprint density at radius 2 is 2.24 bits per heavy atom. The third-order valence-corrected chi connectivity index (χ3v) is 3.08. The van der Waals surface area contributed by atoms with E-state index in [0.29, 0.717) is 0 Å². The van der Waals surface area contributed by atoms with Crippen LogP contribution in [0.4, 0.5) is 0 Å². The van der Waals surface area contributed by atoms with Crippen LogP contribution in [0.3, 0.4) is 0 Å². The van der Waals surface area contributed by atoms with Crippen molar-refractivity contribution in [3.63, 3.8) is 0 Å². The second kappa shape index (κ2) is 6.01. The molecule has 1 aromatic rings. The number of aryl methyl sites for hydroxylation is 1. The highest BCUT2D eigenvalue weighted by Crippen LogP contribution is 2.29. The molecule has 0 spiro atoms. The van der Waals surface area contributed by atoms with Gasteiger partial charge in [0.1, 0.15) is 0 Å². The van der Waals surface area contributed by atoms with Gasteiger partial charge in [-0.1, -0.05) is 13.0 Å². The maximum atomic E-state index is 5.66. The Morgan fingerprint density at radius 1 is 1.41 bits per heavy atom. The first kappa shape index (κ1) is 12.4. The Bertz CT molecular complexity index is 361. The minimum absolute atomic E-state index is 0.772. The molecule has 3 nitrogen and oxygen atoms in total. The maximum Gasteiger partial charge on any atom is 0.213 e. The van der Waals surface area contributed by atoms with Gasteiger partial charge in [0, 0.05) is 18.3 Å². The highest BCUT2D eigenvalue weighted by Gasteiger charge is 2.22. The molecule has 1 N–H and O–H groups in total. The number of rotatable bonds is 7. The molecule has 3 heteroatoms. The number of nitrogens with zero attached hydrogens (tertiary/aromatic N) is 1. The third-order valence-electron chi connectivity index (χ3n) is 3.08. The molecule has 1 aliphatic rings. The zero-order chi connectivity index (χ0) is 12.1. The van der Waals surface area contributed by atoms with E-state index in [-0.39, 0.29) is 0 Å². The lowest BCUT2D eigenvalue weighted by atomic mass is 10.2. The van der Waals surface area contributed by atoms with Gasteiger partial charge in [-0.15, -0.1) is 0 Å². The first-order valence-corrected chi connectivity index (χ1v) is 6.59. The second-order valence-electron chi connectivity index (χ2n) is 4.83. The molecule has 1 aromatic heterocycles. The van der Waals surface area contributed by atoms with E-state index < -0.39 is 0 Å². The summed E-state index contributed by atoms with van der Waals surface area (Å²) in [6.45, 7) is 7.01. The van der Waals surface area contributed by atoms with Crippen molar-refractivity contribution in [3.8, 4) is 5.88 Å². The fraction of sp³-hybridized carbons (Fsp3) is 0.643. The van der Waals surface area contributed by atoms with E-state index in [1.807, 2.05) is 13.0 Å². The van der Waals surface area contributed by atoms with E-state index in [4.69, 9.17) is 4.74 Å². The van der Waals surface area contributed by atoms with Crippen LogP contribution < -0.4 is 10.1 Å². The van der Waals surface area contributed by atoms with E-state index in [1.54, 1.807) is 0 Å². The van der Waals surface area contributed by atoms with E-state index in [9.17, 15) is 0 Å². The molecule has 1 heterocycles. The maximum absolute atomic E-state index is 5.66. The lowest BCUT2D eigenvalue weighted by Gasteiger charge is -2.09. The molecule has 1 aliphatic carbocycles. The predicted octanol–water partition coefficient (Wildman–Crippen LogP) is 2.68. The molecule has 1 fully saturated rings. The van der Waals surface area contributed by atoms with Crippen LogP contribution in [-0.2, 0) is 6.54 Å². The normalized spacial score (nSPS) is 14.9. The molecule has 0 atom stereocenters. The van der Waals surface area contributed by atoms with Gasteiger partial charge in [-0.05, 0) is 44.2 Å². The molecule has 0 radical (unpaired) electrons. The van der Waals surface area contributed by atoms with Crippen molar-refractivity contribution in [2.75, 3.05) is 13.2 Å². The zero-order valence-corrected chi connectivity index (χ0v) is 10.8. The number of ether oxygens (including phenoxy) is 1. The summed E-state index contributed by atoms with van der Waals surface area (Å²) < 4.78 is 5.66. The number of nitrogens with one attached hydrogen (secondary N) is 1. The van der Waals surface area contributed by atoms with Crippen LogP contribution in [0.2, 0.25) is 0 Å². The summed E-state index contributed by atoms with van der Waals surface area (Å²) in [5, 5.41) is 3.39. The van der Waals surface area contributed by atoms with Gasteiger partial charge in [0.2, 0.25) is 5.88 Å². The summed E-state index contributed by atoms with van der Waals surface area (Å²) >= 11 is 0. The Morgan fingerprint density at radius 3 is 2.88 bits per heavy atom. The molecule has 17 heavy (non-hydrogen) atoms. The fourth-order valence-electron chi connectivity index (χ4n) is 1.72. The molecule has 0 aliphatic heterocycles. The monoisotopic (exact) mass is 234 g/mol. The minimum atomic E-state index is 0.772. The van der Waals surface area contributed by atoms with Crippen molar-refractivity contribution < 1.29 is 4.74 Å². The van der Waals surface area contributed by atoms with Gasteiger partial charge in [-0.3, -0.25) is 0 Å². The SMILES string of the molecule is CCCNCc1ccc(OCC2CC2)nc1C. The number of aromatic nitrogens is 1. The van der Waals surface area contributed by atoms with Crippen molar-refractivity contribution in [3.05, 3.63) is 23.4 Å². The van der Waals surface area contributed by atoms with Gasteiger partial charge < -0.3 is 10.1 Å². The van der Waals surface area contributed by atoms with Gasteiger partial charge in [0.15, 0.2) is 0 Å². The minimum Gasteiger partial charge on any atom is -0.477 e. The van der Waals surface area contributed by atoms with Crippen LogP contribution >= 0.6 is 0 Å². The van der Waals surface area contributed by atoms with Gasteiger partial charge in [-0.25, -0.2) is 4.98 Å². The van der Waals surface area contributed by atoms with E-state index in [1.165, 1.54) is 18.4 Å². The van der Waals surface area contributed by atoms with E-state index in [0.717, 1.165) is 43.6 Å². The number of pyridine rings is 1. The van der Waals surface area contributed by atoms with E-state index >= 15 is 0 Å². The molecule has 94 valence electrons. The quantitative estimate of drug-likeness (QED) is 0.736. The third kappa shape index (κ3) is 4.00. The second-order valence-corrected chi connectivity index (χ2v) is 4.83. The number of hydrogen-bond donors (Lipinski definition) is 1. The fourth-order valence-corrected chi connectivity index (χ4v) is 1.72. The summed E-state index contributed by atoms with van der Waals surface area (Å²) in [5.74, 6) is 1.55. The van der Waals surface area contributed by atoms with Crippen LogP contribution in [-0.4, -0.2) is 18.1 Å². The van der Waals surface area contributed by atoms with Crippen LogP contribution in [0.1, 0.15) is 37.4 Å². The summed E-state index contributed by atoms with van der Waals surface area (Å²) in [4.78, 5) is 4.49. The Balaban J connectivity index is 1.85. The predicted molar refractivity (Wildman–Crippen MR) is 69.2 cm³/mol. The Kier molecular flexibility index (Phi) is 4.37. The molecule has 0 aromatic carbocycles. The summed E-state index contributed by atoms with van der Waals surface area (Å²) in [5.41, 5.74) is 2.33.